The summed E-state index contributed by atoms with van der Waals surface area (Å²) in [6, 6.07) is 16.0. The second-order valence-electron chi connectivity index (χ2n) is 6.48. The second-order valence-corrected chi connectivity index (χ2v) is 6.48. The van der Waals surface area contributed by atoms with E-state index in [2.05, 4.69) is 0 Å². The van der Waals surface area contributed by atoms with E-state index in [-0.39, 0.29) is 0 Å². The summed E-state index contributed by atoms with van der Waals surface area (Å²) in [5.41, 5.74) is 0.651. The van der Waals surface area contributed by atoms with Gasteiger partial charge in [0.05, 0.1) is 18.2 Å². The van der Waals surface area contributed by atoms with Gasteiger partial charge in [-0.3, -0.25) is 0 Å². The fourth-order valence-electron chi connectivity index (χ4n) is 2.88. The number of ether oxygens (including phenoxy) is 1. The van der Waals surface area contributed by atoms with Crippen molar-refractivity contribution in [2.24, 2.45) is 0 Å². The number of benzene rings is 3. The Kier molecular flexibility index (Phi) is 5.92. The van der Waals surface area contributed by atoms with Crippen molar-refractivity contribution in [3.05, 3.63) is 101 Å². The van der Waals surface area contributed by atoms with Crippen molar-refractivity contribution in [1.29, 1.82) is 0 Å². The quantitative estimate of drug-likeness (QED) is 0.316. The first kappa shape index (κ1) is 21.5. The zero-order valence-corrected chi connectivity index (χ0v) is 15.7. The van der Waals surface area contributed by atoms with Crippen LogP contribution in [0.2, 0.25) is 0 Å². The van der Waals surface area contributed by atoms with Crippen LogP contribution >= 0.6 is 0 Å². The van der Waals surface area contributed by atoms with Gasteiger partial charge < -0.3 is 4.74 Å². The molecule has 0 unspecified atom stereocenters. The molecule has 0 spiro atoms. The van der Waals surface area contributed by atoms with Gasteiger partial charge in [-0.25, -0.2) is 0 Å². The minimum atomic E-state index is -4.46. The Balaban J connectivity index is 2.06. The Morgan fingerprint density at radius 3 is 1.43 bits per heavy atom. The first-order valence-corrected chi connectivity index (χ1v) is 8.79. The summed E-state index contributed by atoms with van der Waals surface area (Å²) < 4.78 is 82.2. The normalized spacial score (nSPS) is 12.7. The monoisotopic (exact) mass is 422 g/mol. The van der Waals surface area contributed by atoms with Crippen LogP contribution in [-0.4, -0.2) is 7.11 Å². The van der Waals surface area contributed by atoms with Gasteiger partial charge in [-0.1, -0.05) is 36.4 Å². The predicted molar refractivity (Wildman–Crippen MR) is 103 cm³/mol. The zero-order chi connectivity index (χ0) is 21.9. The topological polar surface area (TPSA) is 9.23 Å². The highest BCUT2D eigenvalue weighted by Gasteiger charge is 2.30. The molecule has 0 fully saturated rings. The van der Waals surface area contributed by atoms with Crippen molar-refractivity contribution in [2.75, 3.05) is 7.11 Å². The van der Waals surface area contributed by atoms with Gasteiger partial charge in [0.1, 0.15) is 5.75 Å². The fraction of sp³-hybridized carbons (Fsp3) is 0.130. The molecule has 0 heterocycles. The molecule has 0 aliphatic carbocycles. The van der Waals surface area contributed by atoms with Crippen LogP contribution in [0.5, 0.6) is 5.75 Å². The molecule has 0 atom stereocenters. The average Bonchev–Trinajstić information content (AvgIpc) is 2.71. The molecular weight excluding hydrogens is 406 g/mol. The number of alkyl halides is 6. The van der Waals surface area contributed by atoms with Crippen molar-refractivity contribution in [1.82, 2.24) is 0 Å². The third kappa shape index (κ3) is 5.03. The van der Waals surface area contributed by atoms with Crippen LogP contribution in [0.15, 0.2) is 72.8 Å². The summed E-state index contributed by atoms with van der Waals surface area (Å²) in [7, 11) is 1.50. The molecule has 3 aromatic rings. The van der Waals surface area contributed by atoms with Crippen LogP contribution in [0.1, 0.15) is 27.8 Å². The summed E-state index contributed by atoms with van der Waals surface area (Å²) in [5.74, 6) is 0.597. The Hall–Kier alpha value is -3.22. The number of methoxy groups -OCH3 is 1. The fourth-order valence-corrected chi connectivity index (χ4v) is 2.88. The number of halogens is 6. The molecule has 0 aromatic heterocycles. The molecule has 3 aromatic carbocycles. The largest absolute Gasteiger partial charge is 0.497 e. The highest BCUT2D eigenvalue weighted by molar-refractivity contribution is 5.91. The summed E-state index contributed by atoms with van der Waals surface area (Å²) in [6.45, 7) is 0. The van der Waals surface area contributed by atoms with E-state index >= 15 is 0 Å². The van der Waals surface area contributed by atoms with Crippen molar-refractivity contribution < 1.29 is 31.1 Å². The van der Waals surface area contributed by atoms with Crippen molar-refractivity contribution in [3.8, 4) is 5.75 Å². The molecule has 156 valence electrons. The molecule has 0 N–H and O–H groups in total. The Bertz CT molecular complexity index is 1010. The van der Waals surface area contributed by atoms with Gasteiger partial charge in [0, 0.05) is 0 Å². The lowest BCUT2D eigenvalue weighted by Gasteiger charge is -2.12. The first-order valence-electron chi connectivity index (χ1n) is 8.79. The van der Waals surface area contributed by atoms with Gasteiger partial charge in [-0.2, -0.15) is 26.3 Å². The van der Waals surface area contributed by atoms with Gasteiger partial charge in [0.2, 0.25) is 0 Å². The number of hydrogen-bond acceptors (Lipinski definition) is 1. The standard InChI is InChI=1S/C23H16F6O/c1-30-20-12-6-17(7-13-20)21(16-4-10-19(11-5-16)23(27,28)29)14-15-2-8-18(9-3-15)22(24,25)26/h2-14H,1H3/b21-14+. The van der Waals surface area contributed by atoms with E-state index in [1.807, 2.05) is 0 Å². The van der Waals surface area contributed by atoms with E-state index in [4.69, 9.17) is 4.74 Å². The third-order valence-electron chi connectivity index (χ3n) is 4.47. The van der Waals surface area contributed by atoms with Crippen LogP contribution in [0, 0.1) is 0 Å². The van der Waals surface area contributed by atoms with E-state index in [1.54, 1.807) is 30.3 Å². The van der Waals surface area contributed by atoms with Crippen LogP contribution in [0.25, 0.3) is 11.6 Å². The van der Waals surface area contributed by atoms with Crippen molar-refractivity contribution in [3.63, 3.8) is 0 Å². The van der Waals surface area contributed by atoms with E-state index in [9.17, 15) is 26.3 Å². The molecule has 0 saturated carbocycles. The predicted octanol–water partition coefficient (Wildman–Crippen LogP) is 7.32. The third-order valence-corrected chi connectivity index (χ3v) is 4.47. The van der Waals surface area contributed by atoms with Crippen molar-refractivity contribution >= 4 is 11.6 Å². The molecule has 1 nitrogen and oxygen atoms in total. The Labute approximate surface area is 169 Å². The lowest BCUT2D eigenvalue weighted by molar-refractivity contribution is -0.138. The summed E-state index contributed by atoms with van der Waals surface area (Å²) >= 11 is 0. The average molecular weight is 422 g/mol. The van der Waals surface area contributed by atoms with Crippen LogP contribution in [-0.2, 0) is 12.4 Å². The summed E-state index contributed by atoms with van der Waals surface area (Å²) in [5, 5.41) is 0. The van der Waals surface area contributed by atoms with Gasteiger partial charge >= 0.3 is 12.4 Å². The van der Waals surface area contributed by atoms with Crippen LogP contribution in [0.4, 0.5) is 26.3 Å². The maximum atomic E-state index is 12.9. The van der Waals surface area contributed by atoms with Gasteiger partial charge in [-0.15, -0.1) is 0 Å². The van der Waals surface area contributed by atoms with E-state index in [1.165, 1.54) is 31.4 Å². The zero-order valence-electron chi connectivity index (χ0n) is 15.7. The van der Waals surface area contributed by atoms with Gasteiger partial charge in [-0.05, 0) is 64.7 Å². The Morgan fingerprint density at radius 2 is 1.03 bits per heavy atom. The lowest BCUT2D eigenvalue weighted by atomic mass is 9.94. The van der Waals surface area contributed by atoms with E-state index in [0.717, 1.165) is 24.3 Å². The minimum absolute atomic E-state index is 0.480. The molecule has 0 radical (unpaired) electrons. The van der Waals surface area contributed by atoms with E-state index < -0.39 is 23.5 Å². The molecule has 0 amide bonds. The molecule has 7 heteroatoms. The lowest BCUT2D eigenvalue weighted by Crippen LogP contribution is -2.04. The summed E-state index contributed by atoms with van der Waals surface area (Å²) in [6.07, 6.45) is -7.28. The first-order chi connectivity index (χ1) is 14.1. The molecule has 30 heavy (non-hydrogen) atoms. The van der Waals surface area contributed by atoms with Crippen molar-refractivity contribution in [2.45, 2.75) is 12.4 Å². The highest BCUT2D eigenvalue weighted by Crippen LogP contribution is 2.33. The highest BCUT2D eigenvalue weighted by atomic mass is 19.4. The molecule has 0 saturated heterocycles. The summed E-state index contributed by atoms with van der Waals surface area (Å²) in [4.78, 5) is 0. The second kappa shape index (κ2) is 8.26. The van der Waals surface area contributed by atoms with Gasteiger partial charge in [0.15, 0.2) is 0 Å². The maximum Gasteiger partial charge on any atom is 0.416 e. The van der Waals surface area contributed by atoms with Crippen LogP contribution in [0.3, 0.4) is 0 Å². The Morgan fingerprint density at radius 1 is 0.633 bits per heavy atom. The number of hydrogen-bond donors (Lipinski definition) is 0. The SMILES string of the molecule is COc1ccc(/C(=C/c2ccc(C(F)(F)F)cc2)c2ccc(C(F)(F)F)cc2)cc1. The molecule has 3 rings (SSSR count). The smallest absolute Gasteiger partial charge is 0.416 e. The molecule has 0 bridgehead atoms. The minimum Gasteiger partial charge on any atom is -0.497 e. The van der Waals surface area contributed by atoms with Gasteiger partial charge in [0.25, 0.3) is 0 Å². The van der Waals surface area contributed by atoms with Crippen LogP contribution < -0.4 is 4.74 Å². The molecular formula is C23H16F6O. The number of rotatable bonds is 4. The maximum absolute atomic E-state index is 12.9. The molecule has 0 aliphatic rings. The van der Waals surface area contributed by atoms with E-state index in [0.29, 0.717) is 28.0 Å². The molecule has 0 aliphatic heterocycles.